The Balaban J connectivity index is 1.65. The number of aliphatic imine (C=N–C) groups is 1. The second-order valence-corrected chi connectivity index (χ2v) is 6.89. The Hall–Kier alpha value is -1.07. The van der Waals surface area contributed by atoms with Gasteiger partial charge < -0.3 is 15.0 Å². The first-order valence-corrected chi connectivity index (χ1v) is 9.27. The monoisotopic (exact) mass is 323 g/mol. The van der Waals surface area contributed by atoms with Crippen molar-refractivity contribution in [3.05, 3.63) is 22.4 Å². The van der Waals surface area contributed by atoms with E-state index in [1.807, 2.05) is 11.3 Å². The molecule has 124 valence electrons. The molecule has 1 heterocycles. The van der Waals surface area contributed by atoms with E-state index in [4.69, 9.17) is 9.73 Å². The highest BCUT2D eigenvalue weighted by atomic mass is 32.1. The smallest absolute Gasteiger partial charge is 0.193 e. The van der Waals surface area contributed by atoms with Crippen molar-refractivity contribution in [3.8, 4) is 0 Å². The average Bonchev–Trinajstić information content (AvgIpc) is 3.20. The summed E-state index contributed by atoms with van der Waals surface area (Å²) < 4.78 is 5.65. The Morgan fingerprint density at radius 3 is 3.05 bits per heavy atom. The predicted molar refractivity (Wildman–Crippen MR) is 94.8 cm³/mol. The lowest BCUT2D eigenvalue weighted by atomic mass is 10.3. The van der Waals surface area contributed by atoms with Crippen LogP contribution in [0.3, 0.4) is 0 Å². The van der Waals surface area contributed by atoms with E-state index in [2.05, 4.69) is 41.7 Å². The largest absolute Gasteiger partial charge is 0.381 e. The van der Waals surface area contributed by atoms with Gasteiger partial charge in [0.25, 0.3) is 0 Å². The lowest BCUT2D eigenvalue weighted by Gasteiger charge is -2.21. The van der Waals surface area contributed by atoms with Gasteiger partial charge in [-0.1, -0.05) is 6.07 Å². The maximum Gasteiger partial charge on any atom is 0.193 e. The molecule has 0 aliphatic heterocycles. The number of hydrogen-bond acceptors (Lipinski definition) is 3. The summed E-state index contributed by atoms with van der Waals surface area (Å²) in [5.41, 5.74) is 0. The molecule has 0 aromatic carbocycles. The first-order chi connectivity index (χ1) is 10.8. The molecule has 1 fully saturated rings. The van der Waals surface area contributed by atoms with Crippen LogP contribution in [0.4, 0.5) is 0 Å². The number of hydrogen-bond donors (Lipinski definition) is 1. The number of guanidine groups is 1. The van der Waals surface area contributed by atoms with E-state index >= 15 is 0 Å². The standard InChI is InChI=1S/C17H29N3OS/c1-3-18-17(19-10-5-12-21-14-15-7-8-15)20(2)11-9-16-6-4-13-22-16/h4,6,13,15H,3,5,7-12,14H2,1-2H3,(H,18,19). The van der Waals surface area contributed by atoms with Crippen LogP contribution in [0.25, 0.3) is 0 Å². The molecule has 0 unspecified atom stereocenters. The van der Waals surface area contributed by atoms with Crippen molar-refractivity contribution >= 4 is 17.3 Å². The van der Waals surface area contributed by atoms with E-state index in [0.717, 1.165) is 57.6 Å². The van der Waals surface area contributed by atoms with E-state index in [9.17, 15) is 0 Å². The van der Waals surface area contributed by atoms with Gasteiger partial charge in [-0.2, -0.15) is 0 Å². The molecule has 1 aliphatic rings. The molecule has 22 heavy (non-hydrogen) atoms. The molecule has 1 saturated carbocycles. The van der Waals surface area contributed by atoms with Gasteiger partial charge in [0.2, 0.25) is 0 Å². The quantitative estimate of drug-likeness (QED) is 0.408. The first-order valence-electron chi connectivity index (χ1n) is 8.39. The van der Waals surface area contributed by atoms with Crippen molar-refractivity contribution in [2.45, 2.75) is 32.6 Å². The Morgan fingerprint density at radius 1 is 1.50 bits per heavy atom. The Bertz CT molecular complexity index is 429. The maximum atomic E-state index is 5.65. The summed E-state index contributed by atoms with van der Waals surface area (Å²) in [4.78, 5) is 8.34. The van der Waals surface area contributed by atoms with Crippen molar-refractivity contribution in [1.29, 1.82) is 0 Å². The highest BCUT2D eigenvalue weighted by Crippen LogP contribution is 2.28. The summed E-state index contributed by atoms with van der Waals surface area (Å²) in [5, 5.41) is 5.51. The van der Waals surface area contributed by atoms with E-state index in [1.54, 1.807) is 0 Å². The Labute approximate surface area is 138 Å². The molecule has 1 aromatic rings. The molecule has 5 heteroatoms. The summed E-state index contributed by atoms with van der Waals surface area (Å²) in [6.07, 6.45) is 4.79. The molecule has 4 nitrogen and oxygen atoms in total. The molecule has 0 spiro atoms. The van der Waals surface area contributed by atoms with Crippen LogP contribution in [-0.4, -0.2) is 50.8 Å². The van der Waals surface area contributed by atoms with Crippen molar-refractivity contribution < 1.29 is 4.74 Å². The van der Waals surface area contributed by atoms with Crippen LogP contribution in [0.2, 0.25) is 0 Å². The Morgan fingerprint density at radius 2 is 2.36 bits per heavy atom. The van der Waals surface area contributed by atoms with Gasteiger partial charge in [0.1, 0.15) is 0 Å². The zero-order valence-electron chi connectivity index (χ0n) is 13.9. The van der Waals surface area contributed by atoms with E-state index in [-0.39, 0.29) is 0 Å². The zero-order chi connectivity index (χ0) is 15.6. The normalized spacial score (nSPS) is 15.1. The molecule has 1 aliphatic carbocycles. The molecule has 0 bridgehead atoms. The summed E-state index contributed by atoms with van der Waals surface area (Å²) in [5.74, 6) is 1.85. The summed E-state index contributed by atoms with van der Waals surface area (Å²) in [7, 11) is 2.11. The van der Waals surface area contributed by atoms with E-state index in [1.165, 1.54) is 17.7 Å². The van der Waals surface area contributed by atoms with Gasteiger partial charge in [-0.15, -0.1) is 11.3 Å². The van der Waals surface area contributed by atoms with Crippen LogP contribution in [0.5, 0.6) is 0 Å². The number of thiophene rings is 1. The number of nitrogens with zero attached hydrogens (tertiary/aromatic N) is 2. The van der Waals surface area contributed by atoms with Crippen LogP contribution < -0.4 is 5.32 Å². The van der Waals surface area contributed by atoms with Gasteiger partial charge in [-0.3, -0.25) is 4.99 Å². The lowest BCUT2D eigenvalue weighted by molar-refractivity contribution is 0.123. The maximum absolute atomic E-state index is 5.65. The summed E-state index contributed by atoms with van der Waals surface area (Å²) in [6.45, 7) is 6.62. The van der Waals surface area contributed by atoms with Gasteiger partial charge in [0, 0.05) is 44.8 Å². The lowest BCUT2D eigenvalue weighted by Crippen LogP contribution is -2.40. The van der Waals surface area contributed by atoms with Crippen LogP contribution in [-0.2, 0) is 11.2 Å². The molecule has 0 atom stereocenters. The minimum Gasteiger partial charge on any atom is -0.381 e. The number of rotatable bonds is 10. The van der Waals surface area contributed by atoms with Crippen molar-refractivity contribution in [2.24, 2.45) is 10.9 Å². The third-order valence-electron chi connectivity index (χ3n) is 3.73. The molecular formula is C17H29N3OS. The van der Waals surface area contributed by atoms with E-state index in [0.29, 0.717) is 0 Å². The fraction of sp³-hybridized carbons (Fsp3) is 0.706. The third-order valence-corrected chi connectivity index (χ3v) is 4.67. The highest BCUT2D eigenvalue weighted by molar-refractivity contribution is 7.09. The van der Waals surface area contributed by atoms with Gasteiger partial charge in [-0.05, 0) is 50.0 Å². The summed E-state index contributed by atoms with van der Waals surface area (Å²) >= 11 is 1.82. The number of nitrogens with one attached hydrogen (secondary N) is 1. The second kappa shape index (κ2) is 9.85. The van der Waals surface area contributed by atoms with Crippen molar-refractivity contribution in [1.82, 2.24) is 10.2 Å². The molecule has 1 N–H and O–H groups in total. The molecule has 0 amide bonds. The Kier molecular flexibility index (Phi) is 7.74. The fourth-order valence-corrected chi connectivity index (χ4v) is 2.89. The second-order valence-electron chi connectivity index (χ2n) is 5.86. The molecule has 0 saturated heterocycles. The van der Waals surface area contributed by atoms with Gasteiger partial charge >= 0.3 is 0 Å². The zero-order valence-corrected chi connectivity index (χ0v) is 14.7. The minimum absolute atomic E-state index is 0.830. The molecule has 1 aromatic heterocycles. The van der Waals surface area contributed by atoms with Crippen LogP contribution >= 0.6 is 11.3 Å². The van der Waals surface area contributed by atoms with Gasteiger partial charge in [0.15, 0.2) is 5.96 Å². The summed E-state index contributed by atoms with van der Waals surface area (Å²) in [6, 6.07) is 4.31. The molecular weight excluding hydrogens is 294 g/mol. The van der Waals surface area contributed by atoms with Crippen molar-refractivity contribution in [2.75, 3.05) is 39.9 Å². The fourth-order valence-electron chi connectivity index (χ4n) is 2.19. The van der Waals surface area contributed by atoms with Crippen LogP contribution in [0.15, 0.2) is 22.5 Å². The van der Waals surface area contributed by atoms with Crippen LogP contribution in [0.1, 0.15) is 31.1 Å². The topological polar surface area (TPSA) is 36.9 Å². The van der Waals surface area contributed by atoms with Crippen LogP contribution in [0, 0.1) is 5.92 Å². The number of ether oxygens (including phenoxy) is 1. The third kappa shape index (κ3) is 6.79. The van der Waals surface area contributed by atoms with Gasteiger partial charge in [0.05, 0.1) is 0 Å². The van der Waals surface area contributed by atoms with Crippen molar-refractivity contribution in [3.63, 3.8) is 0 Å². The highest BCUT2D eigenvalue weighted by Gasteiger charge is 2.20. The average molecular weight is 324 g/mol. The molecule has 2 rings (SSSR count). The number of likely N-dealkylation sites (N-methyl/N-ethyl adjacent to an activating group) is 1. The molecule has 0 radical (unpaired) electrons. The first kappa shape index (κ1) is 17.3. The van der Waals surface area contributed by atoms with Gasteiger partial charge in [-0.25, -0.2) is 0 Å². The SMILES string of the molecule is CCNC(=NCCCOCC1CC1)N(C)CCc1cccs1. The van der Waals surface area contributed by atoms with E-state index < -0.39 is 0 Å². The minimum atomic E-state index is 0.830. The predicted octanol–water partition coefficient (Wildman–Crippen LogP) is 3.00.